The van der Waals surface area contributed by atoms with Crippen LogP contribution in [0.2, 0.25) is 0 Å². The number of hydrogen-bond donors (Lipinski definition) is 2. The van der Waals surface area contributed by atoms with Crippen LogP contribution in [0.4, 0.5) is 22.0 Å². The highest BCUT2D eigenvalue weighted by molar-refractivity contribution is 6.15. The van der Waals surface area contributed by atoms with Crippen LogP contribution in [-0.2, 0) is 11.3 Å². The van der Waals surface area contributed by atoms with Crippen molar-refractivity contribution in [3.05, 3.63) is 131 Å². The zero-order valence-electron chi connectivity index (χ0n) is 32.3. The van der Waals surface area contributed by atoms with Gasteiger partial charge in [-0.25, -0.2) is 18.7 Å². The third-order valence-electron chi connectivity index (χ3n) is 11.0. The van der Waals surface area contributed by atoms with Gasteiger partial charge in [-0.2, -0.15) is 13.2 Å². The Morgan fingerprint density at radius 2 is 1.66 bits per heavy atom. The van der Waals surface area contributed by atoms with Gasteiger partial charge >= 0.3 is 6.18 Å². The fraction of sp³-hybridized carbons (Fsp3) is 0.341. The van der Waals surface area contributed by atoms with E-state index in [0.29, 0.717) is 60.0 Å². The molecule has 10 nitrogen and oxygen atoms in total. The Balaban J connectivity index is 1.03. The molecule has 3 heterocycles. The van der Waals surface area contributed by atoms with Gasteiger partial charge < -0.3 is 24.5 Å². The average molecular weight is 815 g/mol. The zero-order valence-corrected chi connectivity index (χ0v) is 32.3. The Labute approximate surface area is 336 Å². The zero-order chi connectivity index (χ0) is 41.7. The van der Waals surface area contributed by atoms with Gasteiger partial charge in [0, 0.05) is 36.5 Å². The number of H-pyrrole nitrogens is 1. The SMILES string of the molecule is CCC(CC(CNC(=O)c1ccccc1)c1ccc(F)c(F)c1)N1CCC(C(=O)c2nc3c(C(=O)c4nc5ccccc5n4CCOCC(F)(F)F)cccc3[nH]2)CC1. The van der Waals surface area contributed by atoms with Crippen LogP contribution in [0.1, 0.15) is 81.2 Å². The van der Waals surface area contributed by atoms with Crippen molar-refractivity contribution in [2.24, 2.45) is 5.92 Å². The van der Waals surface area contributed by atoms with E-state index in [1.54, 1.807) is 72.8 Å². The van der Waals surface area contributed by atoms with E-state index in [1.807, 2.05) is 6.07 Å². The molecule has 2 aromatic heterocycles. The van der Waals surface area contributed by atoms with Crippen molar-refractivity contribution >= 4 is 39.5 Å². The number of fused-ring (bicyclic) bond motifs is 2. The van der Waals surface area contributed by atoms with Crippen LogP contribution in [-0.4, -0.2) is 87.0 Å². The van der Waals surface area contributed by atoms with Gasteiger partial charge in [-0.3, -0.25) is 14.4 Å². The number of para-hydroxylation sites is 3. The first-order chi connectivity index (χ1) is 28.4. The first-order valence-corrected chi connectivity index (χ1v) is 19.6. The molecule has 2 N–H and O–H groups in total. The Morgan fingerprint density at radius 3 is 2.39 bits per heavy atom. The highest BCUT2D eigenvalue weighted by Crippen LogP contribution is 2.31. The van der Waals surface area contributed by atoms with E-state index >= 15 is 0 Å². The van der Waals surface area contributed by atoms with Crippen LogP contribution >= 0.6 is 0 Å². The van der Waals surface area contributed by atoms with Crippen LogP contribution in [0, 0.1) is 17.6 Å². The Kier molecular flexibility index (Phi) is 12.6. The fourth-order valence-electron chi connectivity index (χ4n) is 7.91. The summed E-state index contributed by atoms with van der Waals surface area (Å²) >= 11 is 0. The van der Waals surface area contributed by atoms with E-state index in [1.165, 1.54) is 10.6 Å². The second-order valence-electron chi connectivity index (χ2n) is 14.8. The topological polar surface area (TPSA) is 122 Å². The Morgan fingerprint density at radius 1 is 0.915 bits per heavy atom. The minimum Gasteiger partial charge on any atom is -0.370 e. The Hall–Kier alpha value is -5.80. The molecule has 0 aliphatic carbocycles. The number of ketones is 2. The number of Topliss-reactive ketones (excluding diaryl/α,β-unsaturated/α-hetero) is 1. The quantitative estimate of drug-likeness (QED) is 0.0573. The monoisotopic (exact) mass is 814 g/mol. The summed E-state index contributed by atoms with van der Waals surface area (Å²) in [6, 6.07) is 24.5. The van der Waals surface area contributed by atoms with Gasteiger partial charge in [-0.1, -0.05) is 49.4 Å². The number of ether oxygens (including phenoxy) is 1. The molecule has 6 aromatic rings. The maximum absolute atomic E-state index is 14.4. The predicted molar refractivity (Wildman–Crippen MR) is 211 cm³/mol. The van der Waals surface area contributed by atoms with Crippen LogP contribution in [0.5, 0.6) is 0 Å². The number of carbonyl (C=O) groups is 3. The second-order valence-corrected chi connectivity index (χ2v) is 14.8. The summed E-state index contributed by atoms with van der Waals surface area (Å²) in [4.78, 5) is 55.5. The molecule has 15 heteroatoms. The molecule has 59 heavy (non-hydrogen) atoms. The number of hydrogen-bond acceptors (Lipinski definition) is 7. The number of likely N-dealkylation sites (tertiary alicyclic amines) is 1. The number of imidazole rings is 2. The summed E-state index contributed by atoms with van der Waals surface area (Å²) < 4.78 is 72.9. The van der Waals surface area contributed by atoms with Gasteiger partial charge in [0.1, 0.15) is 12.1 Å². The van der Waals surface area contributed by atoms with E-state index < -0.39 is 30.2 Å². The number of halogens is 5. The number of alkyl halides is 3. The maximum Gasteiger partial charge on any atom is 0.411 e. The summed E-state index contributed by atoms with van der Waals surface area (Å²) in [6.45, 7) is 1.70. The second kappa shape index (κ2) is 18.0. The lowest BCUT2D eigenvalue weighted by molar-refractivity contribution is -0.174. The average Bonchev–Trinajstić information content (AvgIpc) is 3.85. The van der Waals surface area contributed by atoms with Gasteiger partial charge in [0.25, 0.3) is 5.91 Å². The number of nitrogens with one attached hydrogen (secondary N) is 2. The minimum atomic E-state index is -4.49. The molecule has 2 atom stereocenters. The summed E-state index contributed by atoms with van der Waals surface area (Å²) in [5.74, 6) is -3.39. The molecule has 1 fully saturated rings. The van der Waals surface area contributed by atoms with E-state index in [2.05, 4.69) is 32.1 Å². The van der Waals surface area contributed by atoms with Crippen molar-refractivity contribution in [3.63, 3.8) is 0 Å². The van der Waals surface area contributed by atoms with E-state index in [9.17, 15) is 36.3 Å². The molecule has 1 amide bonds. The van der Waals surface area contributed by atoms with Gasteiger partial charge in [0.2, 0.25) is 11.6 Å². The van der Waals surface area contributed by atoms with Crippen molar-refractivity contribution in [1.29, 1.82) is 0 Å². The summed E-state index contributed by atoms with van der Waals surface area (Å²) in [5, 5.41) is 2.96. The molecule has 0 spiro atoms. The van der Waals surface area contributed by atoms with Crippen molar-refractivity contribution in [2.75, 3.05) is 32.8 Å². The van der Waals surface area contributed by atoms with Gasteiger partial charge in [-0.15, -0.1) is 0 Å². The molecule has 0 radical (unpaired) electrons. The molecular weight excluding hydrogens is 772 g/mol. The molecule has 0 saturated carbocycles. The third-order valence-corrected chi connectivity index (χ3v) is 11.0. The lowest BCUT2D eigenvalue weighted by Gasteiger charge is -2.38. The molecule has 1 aliphatic rings. The standard InChI is InChI=1S/C44H43F5N6O4/c1-2-31(23-30(29-15-16-33(45)34(46)24-29)25-50-43(58)28-9-4-3-5-10-28)54-19-17-27(18-20-54)39(56)41-51-36-13-8-11-32(38(36)53-41)40(57)42-52-35-12-6-7-14-37(35)55(42)21-22-59-26-44(47,48)49/h3-16,24,27,30-31H,2,17-23,25-26H2,1H3,(H,50,58)(H,51,53). The first kappa shape index (κ1) is 41.4. The van der Waals surface area contributed by atoms with Gasteiger partial charge in [-0.05, 0) is 92.9 Å². The number of aromatic nitrogens is 4. The fourth-order valence-corrected chi connectivity index (χ4v) is 7.91. The number of nitrogens with zero attached hydrogens (tertiary/aromatic N) is 4. The van der Waals surface area contributed by atoms with E-state index in [0.717, 1.165) is 12.5 Å². The maximum atomic E-state index is 14.4. The smallest absolute Gasteiger partial charge is 0.370 e. The summed E-state index contributed by atoms with van der Waals surface area (Å²) in [5.41, 5.74) is 3.05. The number of rotatable bonds is 16. The van der Waals surface area contributed by atoms with Gasteiger partial charge in [0.05, 0.1) is 28.7 Å². The third kappa shape index (κ3) is 9.58. The molecule has 2 unspecified atom stereocenters. The molecular formula is C44H43F5N6O4. The lowest BCUT2D eigenvalue weighted by Crippen LogP contribution is -2.44. The number of piperidine rings is 1. The van der Waals surface area contributed by atoms with Crippen LogP contribution < -0.4 is 5.32 Å². The van der Waals surface area contributed by atoms with E-state index in [4.69, 9.17) is 4.74 Å². The van der Waals surface area contributed by atoms with Crippen molar-refractivity contribution in [3.8, 4) is 0 Å². The number of aromatic amines is 1. The molecule has 4 aromatic carbocycles. The molecule has 1 aliphatic heterocycles. The normalized spacial score (nSPS) is 15.1. The molecule has 1 saturated heterocycles. The molecule has 0 bridgehead atoms. The minimum absolute atomic E-state index is 0.00779. The predicted octanol–water partition coefficient (Wildman–Crippen LogP) is 8.28. The first-order valence-electron chi connectivity index (χ1n) is 19.6. The summed E-state index contributed by atoms with van der Waals surface area (Å²) in [7, 11) is 0. The number of carbonyl (C=O) groups excluding carboxylic acids is 3. The molecule has 7 rings (SSSR count). The van der Waals surface area contributed by atoms with Crippen LogP contribution in [0.3, 0.4) is 0 Å². The summed E-state index contributed by atoms with van der Waals surface area (Å²) in [6.07, 6.45) is -2.10. The van der Waals surface area contributed by atoms with Crippen molar-refractivity contribution in [2.45, 2.75) is 57.3 Å². The highest BCUT2D eigenvalue weighted by atomic mass is 19.4. The molecule has 308 valence electrons. The van der Waals surface area contributed by atoms with Crippen LogP contribution in [0.15, 0.2) is 91.0 Å². The lowest BCUT2D eigenvalue weighted by atomic mass is 9.87. The number of amides is 1. The van der Waals surface area contributed by atoms with E-state index in [-0.39, 0.29) is 72.0 Å². The van der Waals surface area contributed by atoms with Crippen molar-refractivity contribution < 1.29 is 41.1 Å². The largest absolute Gasteiger partial charge is 0.411 e. The van der Waals surface area contributed by atoms with Crippen LogP contribution in [0.25, 0.3) is 22.1 Å². The number of benzene rings is 4. The highest BCUT2D eigenvalue weighted by Gasteiger charge is 2.33. The van der Waals surface area contributed by atoms with Gasteiger partial charge in [0.15, 0.2) is 23.3 Å². The van der Waals surface area contributed by atoms with Crippen molar-refractivity contribution in [1.82, 2.24) is 29.7 Å². The Bertz CT molecular complexity index is 2440.